The molecule has 2 heterocycles. The minimum atomic E-state index is -4.57. The molecule has 31 heavy (non-hydrogen) atoms. The highest BCUT2D eigenvalue weighted by Crippen LogP contribution is 2.33. The lowest BCUT2D eigenvalue weighted by Gasteiger charge is -2.11. The number of alkyl halides is 3. The molecule has 9 nitrogen and oxygen atoms in total. The van der Waals surface area contributed by atoms with Gasteiger partial charge in [-0.1, -0.05) is 0 Å². The van der Waals surface area contributed by atoms with Crippen molar-refractivity contribution in [1.82, 2.24) is 24.7 Å². The Hall–Kier alpha value is -3.03. The van der Waals surface area contributed by atoms with Crippen LogP contribution in [0.1, 0.15) is 23.0 Å². The summed E-state index contributed by atoms with van der Waals surface area (Å²) in [5.41, 5.74) is 1.19. The fraction of sp³-hybridized carbons (Fsp3) is 0.278. The van der Waals surface area contributed by atoms with Crippen molar-refractivity contribution in [2.75, 3.05) is 13.7 Å². The van der Waals surface area contributed by atoms with E-state index in [1.54, 1.807) is 6.92 Å². The van der Waals surface area contributed by atoms with Crippen LogP contribution in [0.15, 0.2) is 35.2 Å². The largest absolute Gasteiger partial charge is 0.416 e. The average molecular weight is 457 g/mol. The number of fused-ring (bicyclic) bond motifs is 1. The Morgan fingerprint density at radius 1 is 1.19 bits per heavy atom. The number of pyridine rings is 1. The maximum atomic E-state index is 13.1. The predicted molar refractivity (Wildman–Crippen MR) is 104 cm³/mol. The van der Waals surface area contributed by atoms with E-state index in [0.717, 1.165) is 18.2 Å². The van der Waals surface area contributed by atoms with E-state index in [-0.39, 0.29) is 34.2 Å². The number of aromatic nitrogens is 3. The van der Waals surface area contributed by atoms with Crippen LogP contribution >= 0.6 is 0 Å². The van der Waals surface area contributed by atoms with Crippen molar-refractivity contribution in [2.24, 2.45) is 7.05 Å². The normalized spacial score (nSPS) is 12.3. The van der Waals surface area contributed by atoms with Crippen LogP contribution in [0.4, 0.5) is 13.2 Å². The number of amides is 1. The van der Waals surface area contributed by atoms with Crippen molar-refractivity contribution in [3.8, 4) is 11.5 Å². The number of nitrogens with one attached hydrogen (secondary N) is 2. The first kappa shape index (κ1) is 22.7. The Balaban J connectivity index is 2.25. The van der Waals surface area contributed by atoms with E-state index < -0.39 is 27.7 Å². The van der Waals surface area contributed by atoms with Crippen molar-refractivity contribution in [3.63, 3.8) is 0 Å². The third-order valence-electron chi connectivity index (χ3n) is 4.38. The van der Waals surface area contributed by atoms with Crippen LogP contribution in [0.5, 0.6) is 0 Å². The lowest BCUT2D eigenvalue weighted by molar-refractivity contribution is -0.137. The predicted octanol–water partition coefficient (Wildman–Crippen LogP) is 2.24. The molecule has 0 unspecified atom stereocenters. The van der Waals surface area contributed by atoms with Gasteiger partial charge < -0.3 is 4.57 Å². The van der Waals surface area contributed by atoms with Gasteiger partial charge >= 0.3 is 6.18 Å². The van der Waals surface area contributed by atoms with Crippen LogP contribution in [0.3, 0.4) is 0 Å². The Morgan fingerprint density at radius 2 is 1.90 bits per heavy atom. The van der Waals surface area contributed by atoms with E-state index in [9.17, 15) is 26.4 Å². The Labute approximate surface area is 175 Å². The number of sulfonamides is 1. The zero-order valence-corrected chi connectivity index (χ0v) is 17.4. The standard InChI is InChI=1S/C18H18F3N5O4S/c1-4-30-25-17(27)11-6-8-14(31(28,29)22-2)15(23-11)16-24-12-9-10(18(19,20)21)5-7-13(12)26(16)3/h5-9,22H,4H2,1-3H3,(H,25,27). The van der Waals surface area contributed by atoms with Crippen LogP contribution in [0.25, 0.3) is 22.6 Å². The fourth-order valence-corrected chi connectivity index (χ4v) is 3.70. The number of aryl methyl sites for hydroxylation is 1. The highest BCUT2D eigenvalue weighted by Gasteiger charge is 2.31. The molecule has 2 aromatic heterocycles. The quantitative estimate of drug-likeness (QED) is 0.549. The van der Waals surface area contributed by atoms with Crippen molar-refractivity contribution < 1.29 is 31.2 Å². The molecule has 2 N–H and O–H groups in total. The second-order valence-electron chi connectivity index (χ2n) is 6.31. The molecule has 0 radical (unpaired) electrons. The zero-order chi connectivity index (χ0) is 23.0. The minimum absolute atomic E-state index is 0.00824. The van der Waals surface area contributed by atoms with Gasteiger partial charge in [0.15, 0.2) is 5.82 Å². The molecule has 0 aliphatic rings. The van der Waals surface area contributed by atoms with Gasteiger partial charge in [-0.2, -0.15) is 13.2 Å². The molecule has 166 valence electrons. The summed E-state index contributed by atoms with van der Waals surface area (Å²) in [4.78, 5) is 25.0. The number of carbonyl (C=O) groups excluding carboxylic acids is 1. The molecule has 0 saturated carbocycles. The van der Waals surface area contributed by atoms with E-state index in [1.165, 1.54) is 30.8 Å². The van der Waals surface area contributed by atoms with Crippen LogP contribution in [-0.4, -0.2) is 42.5 Å². The maximum Gasteiger partial charge on any atom is 0.416 e. The Bertz CT molecular complexity index is 1260. The third-order valence-corrected chi connectivity index (χ3v) is 5.82. The number of hydrogen-bond donors (Lipinski definition) is 2. The molecule has 0 aliphatic carbocycles. The molecule has 0 fully saturated rings. The smallest absolute Gasteiger partial charge is 0.326 e. The number of benzene rings is 1. The van der Waals surface area contributed by atoms with E-state index in [4.69, 9.17) is 4.84 Å². The van der Waals surface area contributed by atoms with Gasteiger partial charge in [0, 0.05) is 7.05 Å². The zero-order valence-electron chi connectivity index (χ0n) is 16.6. The maximum absolute atomic E-state index is 13.1. The number of carbonyl (C=O) groups is 1. The first-order valence-corrected chi connectivity index (χ1v) is 10.4. The van der Waals surface area contributed by atoms with Gasteiger partial charge in [0.2, 0.25) is 10.0 Å². The van der Waals surface area contributed by atoms with Gasteiger partial charge in [0.25, 0.3) is 5.91 Å². The number of halogens is 3. The number of hydroxylamine groups is 1. The van der Waals surface area contributed by atoms with Gasteiger partial charge in [-0.15, -0.1) is 0 Å². The molecule has 0 aliphatic heterocycles. The summed E-state index contributed by atoms with van der Waals surface area (Å²) in [7, 11) is -1.33. The van der Waals surface area contributed by atoms with Gasteiger partial charge in [-0.05, 0) is 44.3 Å². The monoisotopic (exact) mass is 457 g/mol. The van der Waals surface area contributed by atoms with Crippen molar-refractivity contribution in [3.05, 3.63) is 41.6 Å². The summed E-state index contributed by atoms with van der Waals surface area (Å²) in [6.07, 6.45) is -4.57. The number of hydrogen-bond acceptors (Lipinski definition) is 6. The molecular formula is C18H18F3N5O4S. The fourth-order valence-electron chi connectivity index (χ4n) is 2.84. The lowest BCUT2D eigenvalue weighted by Crippen LogP contribution is -2.26. The van der Waals surface area contributed by atoms with Gasteiger partial charge in [-0.3, -0.25) is 9.63 Å². The minimum Gasteiger partial charge on any atom is -0.326 e. The van der Waals surface area contributed by atoms with Crippen LogP contribution in [0.2, 0.25) is 0 Å². The summed E-state index contributed by atoms with van der Waals surface area (Å²) in [6.45, 7) is 1.84. The van der Waals surface area contributed by atoms with Crippen molar-refractivity contribution in [1.29, 1.82) is 0 Å². The number of nitrogens with zero attached hydrogens (tertiary/aromatic N) is 3. The molecule has 3 rings (SSSR count). The summed E-state index contributed by atoms with van der Waals surface area (Å²) in [5, 5.41) is 0. The Kier molecular flexibility index (Phi) is 6.02. The number of rotatable bonds is 6. The summed E-state index contributed by atoms with van der Waals surface area (Å²) in [6, 6.07) is 5.34. The van der Waals surface area contributed by atoms with Crippen molar-refractivity contribution >= 4 is 27.0 Å². The topological polar surface area (TPSA) is 115 Å². The second kappa shape index (κ2) is 8.24. The van der Waals surface area contributed by atoms with Crippen LogP contribution in [0, 0.1) is 0 Å². The Morgan fingerprint density at radius 3 is 2.52 bits per heavy atom. The molecule has 1 amide bonds. The lowest BCUT2D eigenvalue weighted by atomic mass is 10.2. The van der Waals surface area contributed by atoms with Gasteiger partial charge in [0.05, 0.1) is 23.2 Å². The van der Waals surface area contributed by atoms with Crippen LogP contribution in [-0.2, 0) is 28.1 Å². The SMILES string of the molecule is CCONC(=O)c1ccc(S(=O)(=O)NC)c(-c2nc3cc(C(F)(F)F)ccc3n2C)n1. The molecule has 0 spiro atoms. The molecule has 0 bridgehead atoms. The second-order valence-corrected chi connectivity index (χ2v) is 8.17. The molecule has 3 aromatic rings. The summed E-state index contributed by atoms with van der Waals surface area (Å²) < 4.78 is 67.7. The molecule has 0 atom stereocenters. The van der Waals surface area contributed by atoms with Gasteiger partial charge in [-0.25, -0.2) is 28.6 Å². The summed E-state index contributed by atoms with van der Waals surface area (Å²) in [5.74, 6) is -0.760. The molecular weight excluding hydrogens is 439 g/mol. The third kappa shape index (κ3) is 4.38. The van der Waals surface area contributed by atoms with Gasteiger partial charge in [0.1, 0.15) is 16.3 Å². The molecule has 13 heteroatoms. The van der Waals surface area contributed by atoms with Crippen molar-refractivity contribution in [2.45, 2.75) is 18.0 Å². The van der Waals surface area contributed by atoms with E-state index in [0.29, 0.717) is 5.52 Å². The molecule has 0 saturated heterocycles. The number of imidazole rings is 1. The average Bonchev–Trinajstić information content (AvgIpc) is 3.06. The van der Waals surface area contributed by atoms with E-state index in [1.807, 2.05) is 0 Å². The highest BCUT2D eigenvalue weighted by molar-refractivity contribution is 7.89. The molecule has 1 aromatic carbocycles. The van der Waals surface area contributed by atoms with E-state index in [2.05, 4.69) is 20.2 Å². The van der Waals surface area contributed by atoms with Crippen LogP contribution < -0.4 is 10.2 Å². The highest BCUT2D eigenvalue weighted by atomic mass is 32.2. The summed E-state index contributed by atoms with van der Waals surface area (Å²) >= 11 is 0. The first-order valence-electron chi connectivity index (χ1n) is 8.90. The first-order chi connectivity index (χ1) is 14.5. The van der Waals surface area contributed by atoms with E-state index >= 15 is 0 Å².